The molecule has 0 fully saturated rings. The lowest BCUT2D eigenvalue weighted by molar-refractivity contribution is 0.597. The molecule has 1 N–H and O–H groups in total. The van der Waals surface area contributed by atoms with Gasteiger partial charge in [0.1, 0.15) is 11.2 Å². The van der Waals surface area contributed by atoms with Crippen LogP contribution in [0, 0.1) is 11.6 Å². The van der Waals surface area contributed by atoms with Gasteiger partial charge in [0.15, 0.2) is 11.6 Å². The molecule has 2 aromatic rings. The molecule has 0 amide bonds. The highest BCUT2D eigenvalue weighted by Crippen LogP contribution is 2.30. The first kappa shape index (κ1) is 15.6. The molecule has 0 aliphatic carbocycles. The second kappa shape index (κ2) is 6.76. The fourth-order valence-corrected chi connectivity index (χ4v) is 2.46. The van der Waals surface area contributed by atoms with Crippen molar-refractivity contribution < 1.29 is 8.78 Å². The van der Waals surface area contributed by atoms with E-state index in [1.165, 1.54) is 22.9 Å². The minimum atomic E-state index is -0.661. The van der Waals surface area contributed by atoms with Gasteiger partial charge in [-0.3, -0.25) is 4.99 Å². The third-order valence-corrected chi connectivity index (χ3v) is 3.62. The largest absolute Gasteiger partial charge is 0.354 e. The van der Waals surface area contributed by atoms with E-state index in [0.29, 0.717) is 16.8 Å². The number of thiazole rings is 1. The summed E-state index contributed by atoms with van der Waals surface area (Å²) in [5.74, 6) is -1.28. The Hall–Kier alpha value is -1.82. The van der Waals surface area contributed by atoms with Crippen molar-refractivity contribution in [3.63, 3.8) is 0 Å². The Morgan fingerprint density at radius 3 is 2.90 bits per heavy atom. The fraction of sp³-hybridized carbons (Fsp3) is 0.333. The number of nitrogens with zero attached hydrogens (tertiary/aromatic N) is 2. The zero-order valence-corrected chi connectivity index (χ0v) is 13.0. The van der Waals surface area contributed by atoms with Crippen molar-refractivity contribution in [1.82, 2.24) is 4.98 Å². The number of benzene rings is 1. The summed E-state index contributed by atoms with van der Waals surface area (Å²) >= 11 is 1.21. The molecule has 6 heteroatoms. The van der Waals surface area contributed by atoms with Gasteiger partial charge in [0.2, 0.25) is 0 Å². The average molecular weight is 309 g/mol. The van der Waals surface area contributed by atoms with Crippen LogP contribution < -0.4 is 5.32 Å². The van der Waals surface area contributed by atoms with Gasteiger partial charge in [0, 0.05) is 18.0 Å². The van der Waals surface area contributed by atoms with E-state index in [1.807, 2.05) is 20.8 Å². The van der Waals surface area contributed by atoms with E-state index in [9.17, 15) is 8.78 Å². The normalized spacial score (nSPS) is 12.8. The topological polar surface area (TPSA) is 37.3 Å². The monoisotopic (exact) mass is 309 g/mol. The predicted octanol–water partition coefficient (Wildman–Crippen LogP) is 4.76. The molecule has 1 aromatic carbocycles. The molecule has 0 radical (unpaired) electrons. The first-order valence-corrected chi connectivity index (χ1v) is 7.61. The van der Waals surface area contributed by atoms with Crippen LogP contribution in [0.25, 0.3) is 10.2 Å². The van der Waals surface area contributed by atoms with E-state index in [1.54, 1.807) is 12.3 Å². The zero-order chi connectivity index (χ0) is 15.4. The number of halogens is 2. The van der Waals surface area contributed by atoms with Crippen molar-refractivity contribution in [3.05, 3.63) is 35.0 Å². The molecule has 0 saturated heterocycles. The summed E-state index contributed by atoms with van der Waals surface area (Å²) in [5.41, 5.74) is 2.21. The van der Waals surface area contributed by atoms with Crippen LogP contribution in [0.3, 0.4) is 0 Å². The Bertz CT molecular complexity index is 690. The standard InChI is InChI=1S/C15H17F2N3S/c1-4-10(5-6-18-9(2)3)20-14-11(16)7-12-15(13(14)17)19-8-21-12/h5-9,20H,4H2,1-3H3/b10-5+,18-6-. The number of fused-ring (bicyclic) bond motifs is 1. The molecule has 112 valence electrons. The van der Waals surface area contributed by atoms with Gasteiger partial charge in [-0.05, 0) is 32.4 Å². The highest BCUT2D eigenvalue weighted by Gasteiger charge is 2.16. The maximum absolute atomic E-state index is 14.3. The molecule has 21 heavy (non-hydrogen) atoms. The van der Waals surface area contributed by atoms with Gasteiger partial charge in [-0.15, -0.1) is 11.3 Å². The highest BCUT2D eigenvalue weighted by molar-refractivity contribution is 7.16. The average Bonchev–Trinajstić information content (AvgIpc) is 2.89. The molecule has 0 bridgehead atoms. The second-order valence-electron chi connectivity index (χ2n) is 4.81. The van der Waals surface area contributed by atoms with Crippen molar-refractivity contribution in [1.29, 1.82) is 0 Å². The minimum absolute atomic E-state index is 0.167. The lowest BCUT2D eigenvalue weighted by atomic mass is 10.2. The predicted molar refractivity (Wildman–Crippen MR) is 85.2 cm³/mol. The van der Waals surface area contributed by atoms with Crippen LogP contribution in [0.15, 0.2) is 28.3 Å². The van der Waals surface area contributed by atoms with E-state index in [2.05, 4.69) is 15.3 Å². The van der Waals surface area contributed by atoms with Crippen molar-refractivity contribution in [2.24, 2.45) is 4.99 Å². The van der Waals surface area contributed by atoms with E-state index < -0.39 is 11.6 Å². The van der Waals surface area contributed by atoms with E-state index in [0.717, 1.165) is 0 Å². The quantitative estimate of drug-likeness (QED) is 0.809. The summed E-state index contributed by atoms with van der Waals surface area (Å²) in [6.45, 7) is 5.82. The fourth-order valence-electron chi connectivity index (χ4n) is 1.76. The summed E-state index contributed by atoms with van der Waals surface area (Å²) in [7, 11) is 0. The number of hydrogen-bond donors (Lipinski definition) is 1. The number of rotatable bonds is 5. The minimum Gasteiger partial charge on any atom is -0.354 e. The SMILES string of the molecule is CC/C(=C\C=N/C(C)C)Nc1c(F)cc2scnc2c1F. The first-order valence-electron chi connectivity index (χ1n) is 6.73. The molecule has 0 unspecified atom stereocenters. The van der Waals surface area contributed by atoms with Gasteiger partial charge in [-0.1, -0.05) is 6.92 Å². The molecular weight excluding hydrogens is 292 g/mol. The number of allylic oxidation sites excluding steroid dienone is 2. The van der Waals surface area contributed by atoms with Crippen LogP contribution >= 0.6 is 11.3 Å². The number of aliphatic imine (C=N–C) groups is 1. The maximum atomic E-state index is 14.3. The first-order chi connectivity index (χ1) is 10.0. The van der Waals surface area contributed by atoms with E-state index in [-0.39, 0.29) is 17.2 Å². The van der Waals surface area contributed by atoms with Gasteiger partial charge < -0.3 is 5.32 Å². The van der Waals surface area contributed by atoms with Gasteiger partial charge in [-0.2, -0.15) is 0 Å². The lowest BCUT2D eigenvalue weighted by Gasteiger charge is -2.11. The molecule has 1 heterocycles. The van der Waals surface area contributed by atoms with Crippen LogP contribution in [0.4, 0.5) is 14.5 Å². The molecule has 1 aromatic heterocycles. The molecular formula is C15H17F2N3S. The van der Waals surface area contributed by atoms with Crippen molar-refractivity contribution in [2.45, 2.75) is 33.2 Å². The van der Waals surface area contributed by atoms with Crippen LogP contribution in [0.2, 0.25) is 0 Å². The molecule has 0 atom stereocenters. The second-order valence-corrected chi connectivity index (χ2v) is 5.70. The molecule has 2 rings (SSSR count). The maximum Gasteiger partial charge on any atom is 0.176 e. The van der Waals surface area contributed by atoms with Crippen LogP contribution in [-0.4, -0.2) is 17.2 Å². The van der Waals surface area contributed by atoms with Crippen LogP contribution in [-0.2, 0) is 0 Å². The van der Waals surface area contributed by atoms with Crippen molar-refractivity contribution in [2.75, 3.05) is 5.32 Å². The zero-order valence-electron chi connectivity index (χ0n) is 12.2. The third kappa shape index (κ3) is 3.64. The van der Waals surface area contributed by atoms with Gasteiger partial charge in [0.25, 0.3) is 0 Å². The molecule has 0 spiro atoms. The summed E-state index contributed by atoms with van der Waals surface area (Å²) in [6, 6.07) is 1.48. The Labute approximate surface area is 126 Å². The Morgan fingerprint density at radius 1 is 1.48 bits per heavy atom. The van der Waals surface area contributed by atoms with E-state index >= 15 is 0 Å². The highest BCUT2D eigenvalue weighted by atomic mass is 32.1. The van der Waals surface area contributed by atoms with Crippen LogP contribution in [0.5, 0.6) is 0 Å². The summed E-state index contributed by atoms with van der Waals surface area (Å²) in [6.07, 6.45) is 3.98. The van der Waals surface area contributed by atoms with Crippen LogP contribution in [0.1, 0.15) is 27.2 Å². The van der Waals surface area contributed by atoms with Crippen molar-refractivity contribution >= 4 is 33.5 Å². The smallest absolute Gasteiger partial charge is 0.176 e. The molecule has 0 aliphatic heterocycles. The van der Waals surface area contributed by atoms with Gasteiger partial charge >= 0.3 is 0 Å². The third-order valence-electron chi connectivity index (χ3n) is 2.85. The van der Waals surface area contributed by atoms with Gasteiger partial charge in [0.05, 0.1) is 10.2 Å². The van der Waals surface area contributed by atoms with Crippen molar-refractivity contribution in [3.8, 4) is 0 Å². The number of nitrogens with one attached hydrogen (secondary N) is 1. The summed E-state index contributed by atoms with van der Waals surface area (Å²) in [5, 5.41) is 2.81. The summed E-state index contributed by atoms with van der Waals surface area (Å²) < 4.78 is 28.8. The number of aromatic nitrogens is 1. The Kier molecular flexibility index (Phi) is 5.01. The number of anilines is 1. The number of hydrogen-bond acceptors (Lipinski definition) is 4. The molecule has 3 nitrogen and oxygen atoms in total. The molecule has 0 aliphatic rings. The Balaban J connectivity index is 2.33. The lowest BCUT2D eigenvalue weighted by Crippen LogP contribution is -2.04. The van der Waals surface area contributed by atoms with E-state index in [4.69, 9.17) is 0 Å². The Morgan fingerprint density at radius 2 is 2.24 bits per heavy atom. The summed E-state index contributed by atoms with van der Waals surface area (Å²) in [4.78, 5) is 8.13. The molecule has 0 saturated carbocycles. The van der Waals surface area contributed by atoms with Gasteiger partial charge in [-0.25, -0.2) is 13.8 Å².